The molecule has 1 aromatic rings. The number of carbonyl (C=O) groups excluding carboxylic acids is 2. The van der Waals surface area contributed by atoms with Gasteiger partial charge in [-0.05, 0) is 5.92 Å². The number of epoxide rings is 1. The summed E-state index contributed by atoms with van der Waals surface area (Å²) < 4.78 is 5.43. The van der Waals surface area contributed by atoms with E-state index in [0.29, 0.717) is 11.1 Å². The van der Waals surface area contributed by atoms with E-state index in [1.807, 2.05) is 13.8 Å². The number of benzene rings is 1. The molecule has 1 saturated heterocycles. The van der Waals surface area contributed by atoms with Crippen LogP contribution in [-0.4, -0.2) is 23.3 Å². The van der Waals surface area contributed by atoms with Crippen molar-refractivity contribution in [3.05, 3.63) is 35.4 Å². The van der Waals surface area contributed by atoms with Crippen LogP contribution < -0.4 is 0 Å². The highest BCUT2D eigenvalue weighted by Gasteiger charge is 2.70. The Morgan fingerprint density at radius 1 is 1.19 bits per heavy atom. The van der Waals surface area contributed by atoms with Crippen molar-refractivity contribution in [2.24, 2.45) is 5.92 Å². The average molecular weight is 216 g/mol. The third-order valence-corrected chi connectivity index (χ3v) is 3.53. The Kier molecular flexibility index (Phi) is 1.70. The average Bonchev–Trinajstić information content (AvgIpc) is 3.03. The van der Waals surface area contributed by atoms with E-state index >= 15 is 0 Å². The van der Waals surface area contributed by atoms with E-state index in [-0.39, 0.29) is 17.5 Å². The van der Waals surface area contributed by atoms with E-state index in [4.69, 9.17) is 4.74 Å². The summed E-state index contributed by atoms with van der Waals surface area (Å²) >= 11 is 0. The monoisotopic (exact) mass is 216 g/mol. The van der Waals surface area contributed by atoms with E-state index in [1.165, 1.54) is 0 Å². The lowest BCUT2D eigenvalue weighted by Gasteiger charge is -2.21. The molecule has 0 radical (unpaired) electrons. The fourth-order valence-corrected chi connectivity index (χ4v) is 2.53. The van der Waals surface area contributed by atoms with Crippen molar-refractivity contribution in [3.8, 4) is 0 Å². The van der Waals surface area contributed by atoms with Crippen LogP contribution in [0.3, 0.4) is 0 Å². The second-order valence-corrected chi connectivity index (χ2v) is 4.68. The summed E-state index contributed by atoms with van der Waals surface area (Å²) in [4.78, 5) is 24.3. The highest BCUT2D eigenvalue weighted by atomic mass is 16.6. The number of fused-ring (bicyclic) bond motifs is 2. The highest BCUT2D eigenvalue weighted by Crippen LogP contribution is 2.50. The van der Waals surface area contributed by atoms with E-state index in [1.54, 1.807) is 24.3 Å². The van der Waals surface area contributed by atoms with Crippen molar-refractivity contribution in [3.63, 3.8) is 0 Å². The van der Waals surface area contributed by atoms with Gasteiger partial charge in [0.2, 0.25) is 0 Å². The number of ketones is 2. The summed E-state index contributed by atoms with van der Waals surface area (Å²) in [6.45, 7) is 3.83. The maximum atomic E-state index is 12.3. The van der Waals surface area contributed by atoms with Crippen molar-refractivity contribution >= 4 is 11.6 Å². The van der Waals surface area contributed by atoms with E-state index in [0.717, 1.165) is 0 Å². The van der Waals surface area contributed by atoms with Crippen molar-refractivity contribution in [2.75, 3.05) is 0 Å². The molecular formula is C13H12O3. The van der Waals surface area contributed by atoms with Gasteiger partial charge in [-0.15, -0.1) is 0 Å². The summed E-state index contributed by atoms with van der Waals surface area (Å²) in [7, 11) is 0. The lowest BCUT2D eigenvalue weighted by Crippen LogP contribution is -2.40. The highest BCUT2D eigenvalue weighted by molar-refractivity contribution is 6.22. The Labute approximate surface area is 93.4 Å². The minimum Gasteiger partial charge on any atom is -0.348 e. The molecule has 1 aromatic carbocycles. The molecule has 1 aliphatic heterocycles. The van der Waals surface area contributed by atoms with E-state index in [9.17, 15) is 9.59 Å². The lowest BCUT2D eigenvalue weighted by atomic mass is 9.76. The Bertz CT molecular complexity index is 504. The van der Waals surface area contributed by atoms with Crippen molar-refractivity contribution < 1.29 is 14.3 Å². The van der Waals surface area contributed by atoms with Gasteiger partial charge in [-0.1, -0.05) is 38.1 Å². The van der Waals surface area contributed by atoms with Crippen LogP contribution in [0.4, 0.5) is 0 Å². The molecule has 1 aliphatic carbocycles. The Morgan fingerprint density at radius 2 is 1.81 bits per heavy atom. The first-order chi connectivity index (χ1) is 7.59. The molecule has 0 amide bonds. The number of hydrogen-bond donors (Lipinski definition) is 0. The molecule has 3 heteroatoms. The molecule has 16 heavy (non-hydrogen) atoms. The molecule has 0 aromatic heterocycles. The molecular weight excluding hydrogens is 204 g/mol. The molecule has 1 heterocycles. The predicted molar refractivity (Wildman–Crippen MR) is 57.5 cm³/mol. The maximum Gasteiger partial charge on any atom is 0.198 e. The largest absolute Gasteiger partial charge is 0.348 e. The molecule has 2 atom stereocenters. The number of hydrogen-bond acceptors (Lipinski definition) is 3. The van der Waals surface area contributed by atoms with Gasteiger partial charge in [0.15, 0.2) is 23.3 Å². The zero-order valence-corrected chi connectivity index (χ0v) is 9.19. The van der Waals surface area contributed by atoms with E-state index < -0.39 is 11.7 Å². The maximum absolute atomic E-state index is 12.3. The number of carbonyl (C=O) groups is 2. The van der Waals surface area contributed by atoms with E-state index in [2.05, 4.69) is 0 Å². The summed E-state index contributed by atoms with van der Waals surface area (Å²) in [5.41, 5.74) is 0.145. The molecule has 1 fully saturated rings. The normalized spacial score (nSPS) is 31.3. The van der Waals surface area contributed by atoms with Crippen LogP contribution >= 0.6 is 0 Å². The summed E-state index contributed by atoms with van der Waals surface area (Å²) in [5.74, 6) is -0.0612. The van der Waals surface area contributed by atoms with Crippen molar-refractivity contribution in [2.45, 2.75) is 25.6 Å². The topological polar surface area (TPSA) is 46.7 Å². The van der Waals surface area contributed by atoms with Gasteiger partial charge in [-0.25, -0.2) is 0 Å². The van der Waals surface area contributed by atoms with Gasteiger partial charge in [-0.2, -0.15) is 0 Å². The second kappa shape index (κ2) is 2.80. The van der Waals surface area contributed by atoms with Gasteiger partial charge in [0.25, 0.3) is 0 Å². The SMILES string of the molecule is CC(C)C12OC1C(=O)c1ccccc1C2=O. The Morgan fingerprint density at radius 3 is 2.44 bits per heavy atom. The zero-order valence-electron chi connectivity index (χ0n) is 9.19. The van der Waals surface area contributed by atoms with Crippen LogP contribution in [0.1, 0.15) is 34.6 Å². The Hall–Kier alpha value is -1.48. The summed E-state index contributed by atoms with van der Waals surface area (Å²) in [6, 6.07) is 6.95. The van der Waals surface area contributed by atoms with Crippen LogP contribution in [0.15, 0.2) is 24.3 Å². The molecule has 2 aliphatic rings. The third-order valence-electron chi connectivity index (χ3n) is 3.53. The smallest absolute Gasteiger partial charge is 0.198 e. The summed E-state index contributed by atoms with van der Waals surface area (Å²) in [6.07, 6.45) is -0.546. The summed E-state index contributed by atoms with van der Waals surface area (Å²) in [5, 5.41) is 0. The second-order valence-electron chi connectivity index (χ2n) is 4.68. The standard InChI is InChI=1S/C13H12O3/c1-7(2)13-11(15)9-6-4-3-5-8(9)10(14)12(13)16-13/h3-7,12H,1-2H3. The van der Waals surface area contributed by atoms with Crippen molar-refractivity contribution in [1.29, 1.82) is 0 Å². The van der Waals surface area contributed by atoms with Gasteiger partial charge < -0.3 is 4.74 Å². The molecule has 0 bridgehead atoms. The molecule has 0 N–H and O–H groups in total. The fourth-order valence-electron chi connectivity index (χ4n) is 2.53. The number of rotatable bonds is 1. The fraction of sp³-hybridized carbons (Fsp3) is 0.385. The number of Topliss-reactive ketones (excluding diaryl/α,β-unsaturated/α-hetero) is 2. The Balaban J connectivity index is 2.20. The van der Waals surface area contributed by atoms with Gasteiger partial charge in [0.1, 0.15) is 0 Å². The predicted octanol–water partition coefficient (Wildman–Crippen LogP) is 1.86. The van der Waals surface area contributed by atoms with Crippen LogP contribution in [0, 0.1) is 5.92 Å². The van der Waals surface area contributed by atoms with Gasteiger partial charge >= 0.3 is 0 Å². The van der Waals surface area contributed by atoms with Gasteiger partial charge in [0.05, 0.1) is 0 Å². The van der Waals surface area contributed by atoms with Crippen LogP contribution in [0.25, 0.3) is 0 Å². The van der Waals surface area contributed by atoms with Crippen LogP contribution in [0.2, 0.25) is 0 Å². The molecule has 0 spiro atoms. The first kappa shape index (κ1) is 9.73. The van der Waals surface area contributed by atoms with Gasteiger partial charge in [-0.3, -0.25) is 9.59 Å². The molecule has 3 rings (SSSR count). The molecule has 0 saturated carbocycles. The minimum absolute atomic E-state index is 0.0299. The first-order valence-corrected chi connectivity index (χ1v) is 5.45. The first-order valence-electron chi connectivity index (χ1n) is 5.45. The van der Waals surface area contributed by atoms with Crippen molar-refractivity contribution in [1.82, 2.24) is 0 Å². The quantitative estimate of drug-likeness (QED) is 0.673. The third kappa shape index (κ3) is 0.919. The van der Waals surface area contributed by atoms with Gasteiger partial charge in [0, 0.05) is 11.1 Å². The molecule has 82 valence electrons. The zero-order chi connectivity index (χ0) is 11.5. The number of ether oxygens (including phenoxy) is 1. The molecule has 3 nitrogen and oxygen atoms in total. The molecule has 2 unspecified atom stereocenters. The van der Waals surface area contributed by atoms with Crippen LogP contribution in [0.5, 0.6) is 0 Å². The minimum atomic E-state index is -0.870. The lowest BCUT2D eigenvalue weighted by molar-refractivity contribution is 0.0814. The van der Waals surface area contributed by atoms with Crippen LogP contribution in [-0.2, 0) is 4.74 Å².